The number of carbonyl (C=O) groups excluding carboxylic acids is 1. The SMILES string of the molecule is COC(=O)c1ccc(Oc2ncnc(N3CCC(C(=O)O)CC3)c2[N+](=O)[O-])cc1. The van der Waals surface area contributed by atoms with Gasteiger partial charge in [0, 0.05) is 13.1 Å². The van der Waals surface area contributed by atoms with E-state index in [-0.39, 0.29) is 17.4 Å². The number of methoxy groups -OCH3 is 1. The second kappa shape index (κ2) is 8.50. The molecule has 0 unspecified atom stereocenters. The van der Waals surface area contributed by atoms with Crippen LogP contribution in [0.2, 0.25) is 0 Å². The van der Waals surface area contributed by atoms with E-state index in [0.717, 1.165) is 6.33 Å². The first kappa shape index (κ1) is 20.0. The predicted octanol–water partition coefficient (Wildman–Crippen LogP) is 2.26. The molecule has 3 rings (SSSR count). The summed E-state index contributed by atoms with van der Waals surface area (Å²) in [6, 6.07) is 5.86. The van der Waals surface area contributed by atoms with E-state index in [1.54, 1.807) is 4.90 Å². The summed E-state index contributed by atoms with van der Waals surface area (Å²) in [6.45, 7) is 0.643. The number of hydrogen-bond acceptors (Lipinski definition) is 9. The molecule has 2 heterocycles. The lowest BCUT2D eigenvalue weighted by molar-refractivity contribution is -0.385. The highest BCUT2D eigenvalue weighted by atomic mass is 16.6. The Labute approximate surface area is 165 Å². The van der Waals surface area contributed by atoms with E-state index in [0.29, 0.717) is 31.5 Å². The van der Waals surface area contributed by atoms with Crippen LogP contribution >= 0.6 is 0 Å². The van der Waals surface area contributed by atoms with Gasteiger partial charge in [-0.2, -0.15) is 4.98 Å². The Morgan fingerprint density at radius 2 is 1.86 bits per heavy atom. The molecule has 0 atom stereocenters. The summed E-state index contributed by atoms with van der Waals surface area (Å²) in [6.07, 6.45) is 1.88. The van der Waals surface area contributed by atoms with Crippen molar-refractivity contribution >= 4 is 23.4 Å². The Morgan fingerprint density at radius 3 is 2.41 bits per heavy atom. The van der Waals surface area contributed by atoms with Crippen LogP contribution in [-0.2, 0) is 9.53 Å². The van der Waals surface area contributed by atoms with Gasteiger partial charge in [-0.1, -0.05) is 0 Å². The van der Waals surface area contributed by atoms with E-state index in [9.17, 15) is 19.7 Å². The Bertz CT molecular complexity index is 924. The number of aromatic nitrogens is 2. The van der Waals surface area contributed by atoms with E-state index in [1.165, 1.54) is 31.4 Å². The fourth-order valence-electron chi connectivity index (χ4n) is 3.05. The van der Waals surface area contributed by atoms with Gasteiger partial charge in [0.15, 0.2) is 0 Å². The van der Waals surface area contributed by atoms with E-state index in [1.807, 2.05) is 0 Å². The summed E-state index contributed by atoms with van der Waals surface area (Å²) in [5.74, 6) is -1.79. The van der Waals surface area contributed by atoms with Crippen LogP contribution < -0.4 is 9.64 Å². The standard InChI is InChI=1S/C18H18N4O7/c1-28-18(25)12-2-4-13(5-3-12)29-16-14(22(26)27)15(19-10-20-16)21-8-6-11(7-9-21)17(23)24/h2-5,10-11H,6-9H2,1H3,(H,23,24). The lowest BCUT2D eigenvalue weighted by Gasteiger charge is -2.30. The van der Waals surface area contributed by atoms with Gasteiger partial charge in [-0.15, -0.1) is 0 Å². The fraction of sp³-hybridized carbons (Fsp3) is 0.333. The molecule has 152 valence electrons. The van der Waals surface area contributed by atoms with Crippen molar-refractivity contribution in [1.29, 1.82) is 0 Å². The molecule has 0 saturated carbocycles. The number of carboxylic acids is 1. The normalized spacial score (nSPS) is 14.3. The predicted molar refractivity (Wildman–Crippen MR) is 99.1 cm³/mol. The van der Waals surface area contributed by atoms with Gasteiger partial charge in [-0.3, -0.25) is 14.9 Å². The van der Waals surface area contributed by atoms with Crippen molar-refractivity contribution < 1.29 is 29.1 Å². The summed E-state index contributed by atoms with van der Waals surface area (Å²) in [5, 5.41) is 20.8. The summed E-state index contributed by atoms with van der Waals surface area (Å²) in [5.41, 5.74) is -0.0997. The molecular formula is C18H18N4O7. The van der Waals surface area contributed by atoms with Gasteiger partial charge < -0.3 is 19.5 Å². The third-order valence-corrected chi connectivity index (χ3v) is 4.59. The second-order valence-electron chi connectivity index (χ2n) is 6.33. The number of nitro groups is 1. The highest BCUT2D eigenvalue weighted by Crippen LogP contribution is 2.37. The van der Waals surface area contributed by atoms with E-state index in [4.69, 9.17) is 9.84 Å². The third kappa shape index (κ3) is 4.39. The molecule has 1 aliphatic rings. The molecular weight excluding hydrogens is 384 g/mol. The Kier molecular flexibility index (Phi) is 5.86. The number of aliphatic carboxylic acids is 1. The smallest absolute Gasteiger partial charge is 0.373 e. The zero-order chi connectivity index (χ0) is 21.0. The zero-order valence-corrected chi connectivity index (χ0v) is 15.5. The average Bonchev–Trinajstić information content (AvgIpc) is 2.73. The first-order valence-corrected chi connectivity index (χ1v) is 8.74. The third-order valence-electron chi connectivity index (χ3n) is 4.59. The number of nitrogens with zero attached hydrogens (tertiary/aromatic N) is 4. The van der Waals surface area contributed by atoms with Crippen molar-refractivity contribution in [2.75, 3.05) is 25.1 Å². The molecule has 1 aromatic carbocycles. The molecule has 0 bridgehead atoms. The number of carboxylic acid groups (broad SMARTS) is 1. The number of esters is 1. The van der Waals surface area contributed by atoms with E-state index in [2.05, 4.69) is 14.7 Å². The number of anilines is 1. The maximum atomic E-state index is 11.7. The minimum Gasteiger partial charge on any atom is -0.481 e. The van der Waals surface area contributed by atoms with Crippen molar-refractivity contribution in [2.24, 2.45) is 5.92 Å². The highest BCUT2D eigenvalue weighted by molar-refractivity contribution is 5.89. The van der Waals surface area contributed by atoms with Gasteiger partial charge in [0.25, 0.3) is 0 Å². The molecule has 2 aromatic rings. The number of rotatable bonds is 6. The Morgan fingerprint density at radius 1 is 1.21 bits per heavy atom. The molecule has 29 heavy (non-hydrogen) atoms. The van der Waals surface area contributed by atoms with Crippen molar-refractivity contribution in [1.82, 2.24) is 9.97 Å². The minimum absolute atomic E-state index is 0.0787. The summed E-state index contributed by atoms with van der Waals surface area (Å²) in [4.78, 5) is 43.2. The number of benzene rings is 1. The summed E-state index contributed by atoms with van der Waals surface area (Å²) >= 11 is 0. The molecule has 0 spiro atoms. The van der Waals surface area contributed by atoms with Gasteiger partial charge >= 0.3 is 23.5 Å². The van der Waals surface area contributed by atoms with Gasteiger partial charge in [0.2, 0.25) is 5.82 Å². The number of carbonyl (C=O) groups is 2. The van der Waals surface area contributed by atoms with Crippen molar-refractivity contribution in [2.45, 2.75) is 12.8 Å². The van der Waals surface area contributed by atoms with Gasteiger partial charge in [-0.25, -0.2) is 9.78 Å². The van der Waals surface area contributed by atoms with Crippen LogP contribution in [0.5, 0.6) is 11.6 Å². The van der Waals surface area contributed by atoms with Gasteiger partial charge in [0.05, 0.1) is 23.5 Å². The van der Waals surface area contributed by atoms with E-state index < -0.39 is 28.5 Å². The summed E-state index contributed by atoms with van der Waals surface area (Å²) in [7, 11) is 1.26. The lowest BCUT2D eigenvalue weighted by atomic mass is 9.97. The van der Waals surface area contributed by atoms with Gasteiger partial charge in [-0.05, 0) is 37.1 Å². The highest BCUT2D eigenvalue weighted by Gasteiger charge is 2.32. The average molecular weight is 402 g/mol. The largest absolute Gasteiger partial charge is 0.481 e. The van der Waals surface area contributed by atoms with Crippen LogP contribution in [0.3, 0.4) is 0 Å². The molecule has 11 nitrogen and oxygen atoms in total. The molecule has 1 aliphatic heterocycles. The van der Waals surface area contributed by atoms with Crippen LogP contribution in [0.4, 0.5) is 11.5 Å². The molecule has 1 fully saturated rings. The van der Waals surface area contributed by atoms with Gasteiger partial charge in [0.1, 0.15) is 12.1 Å². The Hall–Kier alpha value is -3.76. The maximum Gasteiger partial charge on any atom is 0.373 e. The van der Waals surface area contributed by atoms with Crippen molar-refractivity contribution in [3.63, 3.8) is 0 Å². The second-order valence-corrected chi connectivity index (χ2v) is 6.33. The quantitative estimate of drug-likeness (QED) is 0.434. The van der Waals surface area contributed by atoms with E-state index >= 15 is 0 Å². The maximum absolute atomic E-state index is 11.7. The molecule has 1 aromatic heterocycles. The zero-order valence-electron chi connectivity index (χ0n) is 15.5. The molecule has 1 saturated heterocycles. The topological polar surface area (TPSA) is 145 Å². The Balaban J connectivity index is 1.85. The molecule has 0 aliphatic carbocycles. The lowest BCUT2D eigenvalue weighted by Crippen LogP contribution is -2.37. The fourth-order valence-corrected chi connectivity index (χ4v) is 3.05. The molecule has 0 amide bonds. The van der Waals surface area contributed by atoms with Crippen LogP contribution in [0.1, 0.15) is 23.2 Å². The first-order chi connectivity index (χ1) is 13.9. The summed E-state index contributed by atoms with van der Waals surface area (Å²) < 4.78 is 10.2. The first-order valence-electron chi connectivity index (χ1n) is 8.74. The molecule has 11 heteroatoms. The van der Waals surface area contributed by atoms with Crippen molar-refractivity contribution in [3.05, 3.63) is 46.3 Å². The van der Waals surface area contributed by atoms with Crippen LogP contribution in [0, 0.1) is 16.0 Å². The van der Waals surface area contributed by atoms with Crippen LogP contribution in [-0.4, -0.2) is 52.1 Å². The van der Waals surface area contributed by atoms with Crippen molar-refractivity contribution in [3.8, 4) is 11.6 Å². The molecule has 0 radical (unpaired) electrons. The number of piperidine rings is 1. The monoisotopic (exact) mass is 402 g/mol. The number of hydrogen-bond donors (Lipinski definition) is 1. The number of ether oxygens (including phenoxy) is 2. The molecule has 1 N–H and O–H groups in total. The van der Waals surface area contributed by atoms with Crippen LogP contribution in [0.15, 0.2) is 30.6 Å². The minimum atomic E-state index is -0.874. The van der Waals surface area contributed by atoms with Crippen LogP contribution in [0.25, 0.3) is 0 Å².